The van der Waals surface area contributed by atoms with E-state index < -0.39 is 5.97 Å². The van der Waals surface area contributed by atoms with Gasteiger partial charge in [-0.2, -0.15) is 0 Å². The molecule has 2 rings (SSSR count). The fourth-order valence-corrected chi connectivity index (χ4v) is 2.44. The van der Waals surface area contributed by atoms with Crippen molar-refractivity contribution in [2.24, 2.45) is 0 Å². The number of hydrogen-bond donors (Lipinski definition) is 1. The Balaban J connectivity index is 0.00000162. The van der Waals surface area contributed by atoms with Gasteiger partial charge in [0.2, 0.25) is 0 Å². The molecule has 100 valence electrons. The minimum atomic E-state index is -0.713. The lowest BCUT2D eigenvalue weighted by Gasteiger charge is -2.18. The summed E-state index contributed by atoms with van der Waals surface area (Å²) in [5, 5.41) is 9.28. The van der Waals surface area contributed by atoms with Crippen molar-refractivity contribution < 1.29 is 9.90 Å². The highest BCUT2D eigenvalue weighted by Crippen LogP contribution is 2.21. The van der Waals surface area contributed by atoms with E-state index in [1.165, 1.54) is 12.8 Å². The Morgan fingerprint density at radius 3 is 2.39 bits per heavy atom. The van der Waals surface area contributed by atoms with Crippen LogP contribution in [-0.4, -0.2) is 35.6 Å². The van der Waals surface area contributed by atoms with Crippen LogP contribution in [0, 0.1) is 0 Å². The number of carboxylic acids is 1. The lowest BCUT2D eigenvalue weighted by molar-refractivity contribution is -0.139. The van der Waals surface area contributed by atoms with Crippen LogP contribution in [0.5, 0.6) is 0 Å². The number of rotatable bonds is 5. The molecule has 1 aromatic carbocycles. The van der Waals surface area contributed by atoms with Crippen LogP contribution in [0.15, 0.2) is 30.3 Å². The molecule has 1 atom stereocenters. The van der Waals surface area contributed by atoms with E-state index in [1.807, 2.05) is 30.3 Å². The van der Waals surface area contributed by atoms with Crippen molar-refractivity contribution in [3.8, 4) is 0 Å². The topological polar surface area (TPSA) is 40.5 Å². The van der Waals surface area contributed by atoms with Crippen molar-refractivity contribution in [3.05, 3.63) is 35.9 Å². The number of aliphatic carboxylic acids is 1. The second-order valence-corrected chi connectivity index (χ2v) is 4.64. The molecule has 1 N–H and O–H groups in total. The second kappa shape index (κ2) is 7.39. The number of hydrogen-bond acceptors (Lipinski definition) is 2. The van der Waals surface area contributed by atoms with Crippen molar-refractivity contribution in [1.29, 1.82) is 0 Å². The molecule has 0 radical (unpaired) electrons. The van der Waals surface area contributed by atoms with Gasteiger partial charge in [-0.3, -0.25) is 4.79 Å². The number of likely N-dealkylation sites (tertiary alicyclic amines) is 1. The maximum atomic E-state index is 11.3. The average molecular weight is 270 g/mol. The van der Waals surface area contributed by atoms with E-state index in [9.17, 15) is 9.90 Å². The summed E-state index contributed by atoms with van der Waals surface area (Å²) in [5.41, 5.74) is 0.916. The molecule has 1 aliphatic heterocycles. The zero-order chi connectivity index (χ0) is 12.1. The van der Waals surface area contributed by atoms with Crippen LogP contribution in [0.25, 0.3) is 0 Å². The van der Waals surface area contributed by atoms with Crippen molar-refractivity contribution >= 4 is 18.4 Å². The molecule has 18 heavy (non-hydrogen) atoms. The zero-order valence-corrected chi connectivity index (χ0v) is 11.2. The summed E-state index contributed by atoms with van der Waals surface area (Å²) in [7, 11) is 0. The molecular weight excluding hydrogens is 250 g/mol. The van der Waals surface area contributed by atoms with Crippen molar-refractivity contribution in [1.82, 2.24) is 4.90 Å². The Morgan fingerprint density at radius 2 is 1.83 bits per heavy atom. The van der Waals surface area contributed by atoms with Crippen LogP contribution in [0.4, 0.5) is 0 Å². The molecule has 4 heteroatoms. The third-order valence-corrected chi connectivity index (χ3v) is 3.43. The number of carboxylic acid groups (broad SMARTS) is 1. The lowest BCUT2D eigenvalue weighted by atomic mass is 9.96. The molecule has 1 aliphatic rings. The van der Waals surface area contributed by atoms with Gasteiger partial charge in [0.15, 0.2) is 0 Å². The smallest absolute Gasteiger partial charge is 0.311 e. The van der Waals surface area contributed by atoms with Gasteiger partial charge >= 0.3 is 5.97 Å². The Labute approximate surface area is 114 Å². The Hall–Kier alpha value is -1.06. The molecule has 0 aromatic heterocycles. The maximum Gasteiger partial charge on any atom is 0.311 e. The molecule has 0 aliphatic carbocycles. The molecule has 1 aromatic rings. The standard InChI is InChI=1S/C14H19NO2.ClH/c16-14(17)13(12-6-2-1-3-7-12)8-11-15-9-4-5-10-15;/h1-3,6-7,13H,4-5,8-11H2,(H,16,17);1H. The van der Waals surface area contributed by atoms with Crippen LogP contribution in [0.3, 0.4) is 0 Å². The van der Waals surface area contributed by atoms with Crippen molar-refractivity contribution in [2.45, 2.75) is 25.2 Å². The van der Waals surface area contributed by atoms with E-state index in [0.29, 0.717) is 6.42 Å². The summed E-state index contributed by atoms with van der Waals surface area (Å²) in [6.45, 7) is 3.15. The fourth-order valence-electron chi connectivity index (χ4n) is 2.44. The van der Waals surface area contributed by atoms with E-state index in [4.69, 9.17) is 0 Å². The number of halogens is 1. The predicted molar refractivity (Wildman–Crippen MR) is 74.4 cm³/mol. The first kappa shape index (κ1) is 15.0. The van der Waals surface area contributed by atoms with E-state index in [1.54, 1.807) is 0 Å². The first-order chi connectivity index (χ1) is 8.27. The highest BCUT2D eigenvalue weighted by molar-refractivity contribution is 5.85. The van der Waals surface area contributed by atoms with E-state index in [2.05, 4.69) is 4.90 Å². The van der Waals surface area contributed by atoms with Crippen LogP contribution in [-0.2, 0) is 4.79 Å². The van der Waals surface area contributed by atoms with Gasteiger partial charge in [-0.05, 0) is 44.5 Å². The van der Waals surface area contributed by atoms with Gasteiger partial charge in [0.05, 0.1) is 5.92 Å². The predicted octanol–water partition coefficient (Wildman–Crippen LogP) is 2.76. The van der Waals surface area contributed by atoms with Crippen molar-refractivity contribution in [3.63, 3.8) is 0 Å². The minimum absolute atomic E-state index is 0. The molecule has 1 saturated heterocycles. The number of nitrogens with zero attached hydrogens (tertiary/aromatic N) is 1. The molecule has 0 saturated carbocycles. The molecule has 1 unspecified atom stereocenters. The SMILES string of the molecule is Cl.O=C(O)C(CCN1CCCC1)c1ccccc1. The zero-order valence-electron chi connectivity index (χ0n) is 10.4. The summed E-state index contributed by atoms with van der Waals surface area (Å²) >= 11 is 0. The Morgan fingerprint density at radius 1 is 1.22 bits per heavy atom. The first-order valence-electron chi connectivity index (χ1n) is 6.27. The van der Waals surface area contributed by atoms with Gasteiger partial charge in [-0.25, -0.2) is 0 Å². The fraction of sp³-hybridized carbons (Fsp3) is 0.500. The van der Waals surface area contributed by atoms with Gasteiger partial charge in [0.25, 0.3) is 0 Å². The monoisotopic (exact) mass is 269 g/mol. The maximum absolute atomic E-state index is 11.3. The summed E-state index contributed by atoms with van der Waals surface area (Å²) in [6.07, 6.45) is 3.21. The van der Waals surface area contributed by atoms with Gasteiger partial charge in [-0.15, -0.1) is 12.4 Å². The summed E-state index contributed by atoms with van der Waals surface area (Å²) in [5.74, 6) is -1.08. The van der Waals surface area contributed by atoms with Crippen molar-refractivity contribution in [2.75, 3.05) is 19.6 Å². The largest absolute Gasteiger partial charge is 0.481 e. The Kier molecular flexibility index (Phi) is 6.16. The Bertz CT molecular complexity index is 363. The normalized spacial score (nSPS) is 17.1. The average Bonchev–Trinajstić information content (AvgIpc) is 2.83. The molecule has 0 bridgehead atoms. The van der Waals surface area contributed by atoms with Gasteiger partial charge in [-0.1, -0.05) is 30.3 Å². The second-order valence-electron chi connectivity index (χ2n) is 4.64. The highest BCUT2D eigenvalue weighted by atomic mass is 35.5. The molecule has 0 spiro atoms. The molecule has 0 amide bonds. The van der Waals surface area contributed by atoms with Gasteiger partial charge < -0.3 is 10.0 Å². The number of carbonyl (C=O) groups is 1. The molecule has 3 nitrogen and oxygen atoms in total. The van der Waals surface area contributed by atoms with Crippen LogP contribution in [0.2, 0.25) is 0 Å². The van der Waals surface area contributed by atoms with Gasteiger partial charge in [0.1, 0.15) is 0 Å². The quantitative estimate of drug-likeness (QED) is 0.894. The third kappa shape index (κ3) is 4.00. The van der Waals surface area contributed by atoms with Crippen LogP contribution < -0.4 is 0 Å². The van der Waals surface area contributed by atoms with E-state index in [0.717, 1.165) is 25.2 Å². The van der Waals surface area contributed by atoms with E-state index in [-0.39, 0.29) is 18.3 Å². The number of benzene rings is 1. The summed E-state index contributed by atoms with van der Waals surface area (Å²) in [4.78, 5) is 13.6. The third-order valence-electron chi connectivity index (χ3n) is 3.43. The minimum Gasteiger partial charge on any atom is -0.481 e. The van der Waals surface area contributed by atoms with Crippen LogP contribution in [0.1, 0.15) is 30.7 Å². The molecular formula is C14H20ClNO2. The van der Waals surface area contributed by atoms with E-state index >= 15 is 0 Å². The summed E-state index contributed by atoms with van der Waals surface area (Å²) < 4.78 is 0. The highest BCUT2D eigenvalue weighted by Gasteiger charge is 2.21. The summed E-state index contributed by atoms with van der Waals surface area (Å²) in [6, 6.07) is 9.54. The van der Waals surface area contributed by atoms with Gasteiger partial charge in [0, 0.05) is 0 Å². The van der Waals surface area contributed by atoms with Crippen LogP contribution >= 0.6 is 12.4 Å². The first-order valence-corrected chi connectivity index (χ1v) is 6.27. The molecule has 1 fully saturated rings. The molecule has 1 heterocycles. The lowest BCUT2D eigenvalue weighted by Crippen LogP contribution is -2.24.